The molecule has 0 atom stereocenters. The lowest BCUT2D eigenvalue weighted by Crippen LogP contribution is -3.13. The molecule has 3 nitrogen and oxygen atoms in total. The Morgan fingerprint density at radius 2 is 2.04 bits per heavy atom. The molecule has 3 rings (SSSR count). The molecule has 1 aromatic heterocycles. The molecule has 0 spiro atoms. The largest absolute Gasteiger partial charge is 0.328 e. The molecule has 1 aliphatic rings. The van der Waals surface area contributed by atoms with Crippen LogP contribution in [0.25, 0.3) is 6.08 Å². The molecule has 0 bridgehead atoms. The quantitative estimate of drug-likeness (QED) is 0.795. The number of hydrogen-bond acceptors (Lipinski definition) is 2. The van der Waals surface area contributed by atoms with Crippen LogP contribution in [0.1, 0.15) is 11.1 Å². The molecular weight excluding hydrogens is 372 g/mol. The van der Waals surface area contributed by atoms with E-state index in [-0.39, 0.29) is 5.91 Å². The number of nitrogens with zero attached hydrogens (tertiary/aromatic N) is 1. The molecule has 0 aliphatic carbocycles. The van der Waals surface area contributed by atoms with Crippen LogP contribution in [0.4, 0.5) is 0 Å². The van der Waals surface area contributed by atoms with Crippen LogP contribution in [-0.4, -0.2) is 37.0 Å². The van der Waals surface area contributed by atoms with E-state index in [4.69, 9.17) is 0 Å². The van der Waals surface area contributed by atoms with Crippen molar-refractivity contribution in [2.24, 2.45) is 0 Å². The lowest BCUT2D eigenvalue weighted by atomic mass is 10.2. The van der Waals surface area contributed by atoms with E-state index in [1.807, 2.05) is 35.2 Å². The zero-order chi connectivity index (χ0) is 16.1. The first-order chi connectivity index (χ1) is 11.2. The topological polar surface area (TPSA) is 24.8 Å². The average Bonchev–Trinajstić information content (AvgIpc) is 3.07. The summed E-state index contributed by atoms with van der Waals surface area (Å²) >= 11 is 5.25. The van der Waals surface area contributed by atoms with Crippen molar-refractivity contribution >= 4 is 39.2 Å². The van der Waals surface area contributed by atoms with Crippen molar-refractivity contribution in [3.05, 3.63) is 62.8 Å². The van der Waals surface area contributed by atoms with Gasteiger partial charge in [-0.1, -0.05) is 34.1 Å². The van der Waals surface area contributed by atoms with Gasteiger partial charge in [0, 0.05) is 16.1 Å². The number of halogens is 1. The van der Waals surface area contributed by atoms with Gasteiger partial charge in [-0.3, -0.25) is 4.79 Å². The minimum atomic E-state index is 0.107. The van der Waals surface area contributed by atoms with Gasteiger partial charge in [-0.25, -0.2) is 0 Å². The highest BCUT2D eigenvalue weighted by Gasteiger charge is 2.22. The van der Waals surface area contributed by atoms with E-state index < -0.39 is 0 Å². The van der Waals surface area contributed by atoms with Crippen molar-refractivity contribution in [1.29, 1.82) is 0 Å². The first-order valence-corrected chi connectivity index (χ1v) is 9.52. The van der Waals surface area contributed by atoms with Crippen molar-refractivity contribution in [2.75, 3.05) is 26.2 Å². The predicted octanol–water partition coefficient (Wildman–Crippen LogP) is 2.45. The highest BCUT2D eigenvalue weighted by Crippen LogP contribution is 2.17. The van der Waals surface area contributed by atoms with Crippen molar-refractivity contribution in [3.8, 4) is 0 Å². The minimum Gasteiger partial charge on any atom is -0.328 e. The van der Waals surface area contributed by atoms with Crippen LogP contribution in [0.3, 0.4) is 0 Å². The second kappa shape index (κ2) is 7.90. The normalized spacial score (nSPS) is 16.1. The first-order valence-electron chi connectivity index (χ1n) is 7.78. The number of piperazine rings is 1. The molecule has 23 heavy (non-hydrogen) atoms. The van der Waals surface area contributed by atoms with Crippen LogP contribution in [0.2, 0.25) is 0 Å². The van der Waals surface area contributed by atoms with Gasteiger partial charge in [0.2, 0.25) is 5.91 Å². The standard InChI is InChI=1S/C18H19BrN2OS/c19-17-4-2-1-3-16(17)5-6-18(22)21-10-8-20(9-11-21)13-15-7-12-23-14-15/h1-7,12,14H,8-11,13H2/p+1/b6-5+. The molecule has 0 radical (unpaired) electrons. The molecule has 1 aliphatic heterocycles. The van der Waals surface area contributed by atoms with Crippen molar-refractivity contribution < 1.29 is 9.69 Å². The summed E-state index contributed by atoms with van der Waals surface area (Å²) in [6.45, 7) is 4.77. The fourth-order valence-corrected chi connectivity index (χ4v) is 3.86. The summed E-state index contributed by atoms with van der Waals surface area (Å²) in [6.07, 6.45) is 3.57. The summed E-state index contributed by atoms with van der Waals surface area (Å²) in [7, 11) is 0. The number of benzene rings is 1. The molecule has 2 heterocycles. The van der Waals surface area contributed by atoms with E-state index in [0.29, 0.717) is 0 Å². The van der Waals surface area contributed by atoms with E-state index >= 15 is 0 Å². The highest BCUT2D eigenvalue weighted by atomic mass is 79.9. The third-order valence-corrected chi connectivity index (χ3v) is 5.58. The fraction of sp³-hybridized carbons (Fsp3) is 0.278. The smallest absolute Gasteiger partial charge is 0.246 e. The van der Waals surface area contributed by atoms with Gasteiger partial charge in [0.1, 0.15) is 6.54 Å². The Morgan fingerprint density at radius 1 is 1.26 bits per heavy atom. The number of amides is 1. The Balaban J connectivity index is 1.51. The Morgan fingerprint density at radius 3 is 2.74 bits per heavy atom. The molecule has 1 N–H and O–H groups in total. The Bertz CT molecular complexity index is 676. The molecule has 0 unspecified atom stereocenters. The van der Waals surface area contributed by atoms with Crippen molar-refractivity contribution in [2.45, 2.75) is 6.54 Å². The molecule has 5 heteroatoms. The average molecular weight is 392 g/mol. The van der Waals surface area contributed by atoms with Gasteiger partial charge < -0.3 is 9.80 Å². The lowest BCUT2D eigenvalue weighted by molar-refractivity contribution is -0.917. The van der Waals surface area contributed by atoms with Crippen molar-refractivity contribution in [3.63, 3.8) is 0 Å². The maximum atomic E-state index is 12.3. The third kappa shape index (κ3) is 4.53. The minimum absolute atomic E-state index is 0.107. The maximum absolute atomic E-state index is 12.3. The Kier molecular flexibility index (Phi) is 5.65. The van der Waals surface area contributed by atoms with E-state index in [9.17, 15) is 4.79 Å². The van der Waals surface area contributed by atoms with Gasteiger partial charge in [-0.15, -0.1) is 0 Å². The van der Waals surface area contributed by atoms with Gasteiger partial charge in [0.15, 0.2) is 0 Å². The number of thiophene rings is 1. The summed E-state index contributed by atoms with van der Waals surface area (Å²) in [5.74, 6) is 0.107. The number of carbonyl (C=O) groups is 1. The van der Waals surface area contributed by atoms with Gasteiger partial charge in [-0.2, -0.15) is 11.3 Å². The monoisotopic (exact) mass is 391 g/mol. The lowest BCUT2D eigenvalue weighted by Gasteiger charge is -2.31. The number of nitrogens with one attached hydrogen (secondary N) is 1. The van der Waals surface area contributed by atoms with Crippen LogP contribution in [0.15, 0.2) is 51.6 Å². The number of quaternary nitrogens is 1. The highest BCUT2D eigenvalue weighted by molar-refractivity contribution is 9.10. The fourth-order valence-electron chi connectivity index (χ4n) is 2.78. The zero-order valence-corrected chi connectivity index (χ0v) is 15.3. The number of hydrogen-bond donors (Lipinski definition) is 1. The SMILES string of the molecule is O=C(/C=C/c1ccccc1Br)N1CC[NH+](Cc2ccsc2)CC1. The van der Waals surface area contributed by atoms with E-state index in [1.165, 1.54) is 5.56 Å². The second-order valence-electron chi connectivity index (χ2n) is 5.74. The van der Waals surface area contributed by atoms with Gasteiger partial charge in [0.05, 0.1) is 26.2 Å². The predicted molar refractivity (Wildman–Crippen MR) is 98.5 cm³/mol. The summed E-state index contributed by atoms with van der Waals surface area (Å²) in [4.78, 5) is 15.8. The van der Waals surface area contributed by atoms with Crippen LogP contribution < -0.4 is 4.90 Å². The van der Waals surface area contributed by atoms with E-state index in [0.717, 1.165) is 42.8 Å². The van der Waals surface area contributed by atoms with E-state index in [1.54, 1.807) is 22.3 Å². The number of carbonyl (C=O) groups excluding carboxylic acids is 1. The maximum Gasteiger partial charge on any atom is 0.246 e. The van der Waals surface area contributed by atoms with Crippen molar-refractivity contribution in [1.82, 2.24) is 4.90 Å². The summed E-state index contributed by atoms with van der Waals surface area (Å²) in [5.41, 5.74) is 2.43. The summed E-state index contributed by atoms with van der Waals surface area (Å²) in [5, 5.41) is 4.34. The molecule has 120 valence electrons. The second-order valence-corrected chi connectivity index (χ2v) is 7.37. The Hall–Kier alpha value is -1.43. The molecule has 1 fully saturated rings. The molecule has 1 amide bonds. The zero-order valence-electron chi connectivity index (χ0n) is 12.9. The van der Waals surface area contributed by atoms with Gasteiger partial charge in [0.25, 0.3) is 0 Å². The molecule has 2 aromatic rings. The van der Waals surface area contributed by atoms with Crippen LogP contribution >= 0.6 is 27.3 Å². The molecular formula is C18H20BrN2OS+. The molecule has 1 saturated heterocycles. The van der Waals surface area contributed by atoms with Crippen LogP contribution in [0.5, 0.6) is 0 Å². The Labute approximate surface area is 149 Å². The van der Waals surface area contributed by atoms with E-state index in [2.05, 4.69) is 32.8 Å². The summed E-state index contributed by atoms with van der Waals surface area (Å²) in [6, 6.07) is 10.1. The molecule has 0 saturated carbocycles. The first kappa shape index (κ1) is 16.4. The molecule has 1 aromatic carbocycles. The van der Waals surface area contributed by atoms with Gasteiger partial charge >= 0.3 is 0 Å². The number of rotatable bonds is 4. The van der Waals surface area contributed by atoms with Gasteiger partial charge in [-0.05, 0) is 34.5 Å². The van der Waals surface area contributed by atoms with Crippen LogP contribution in [-0.2, 0) is 11.3 Å². The summed E-state index contributed by atoms with van der Waals surface area (Å²) < 4.78 is 1.01. The third-order valence-electron chi connectivity index (χ3n) is 4.13. The van der Waals surface area contributed by atoms with Crippen LogP contribution in [0, 0.1) is 0 Å².